The van der Waals surface area contributed by atoms with E-state index < -0.39 is 0 Å². The molecule has 1 aliphatic heterocycles. The second-order valence-corrected chi connectivity index (χ2v) is 15.8. The zero-order valence-corrected chi connectivity index (χ0v) is 32.2. The van der Waals surface area contributed by atoms with Crippen LogP contribution in [0.5, 0.6) is 0 Å². The molecule has 12 rings (SSSR count). The van der Waals surface area contributed by atoms with Gasteiger partial charge in [0.2, 0.25) is 0 Å². The maximum atomic E-state index is 9.45. The summed E-state index contributed by atoms with van der Waals surface area (Å²) >= 11 is 0. The fourth-order valence-corrected chi connectivity index (χ4v) is 10.2. The average molecular weight is 749 g/mol. The number of anilines is 2. The lowest BCUT2D eigenvalue weighted by molar-refractivity contribution is 0.747. The van der Waals surface area contributed by atoms with Crippen LogP contribution in [0.2, 0.25) is 0 Å². The Labute approximate surface area is 343 Å². The maximum Gasteiger partial charge on any atom is 0.0991 e. The predicted molar refractivity (Wildman–Crippen MR) is 246 cm³/mol. The standard InChI is InChI=1S/C57H36N2/c58-35-36-23-25-37(26-24-36)40-27-31-51-49(33-40)50-34-41(28-32-52(50)59(51)42-17-8-3-9-18-42)43-29-30-48-55-44(43)21-12-22-47(55)56-53(38-13-4-1-5-14-38)45-19-10-11-20-46(45)54(57(48)56)39-15-6-2-7-16-39/h1-34,50,52H. The van der Waals surface area contributed by atoms with E-state index in [0.717, 1.165) is 11.1 Å². The van der Waals surface area contributed by atoms with Gasteiger partial charge in [0, 0.05) is 17.3 Å². The molecule has 0 bridgehead atoms. The van der Waals surface area contributed by atoms with Crippen molar-refractivity contribution in [3.05, 3.63) is 223 Å². The van der Waals surface area contributed by atoms with E-state index in [4.69, 9.17) is 0 Å². The number of benzene rings is 9. The van der Waals surface area contributed by atoms with E-state index in [0.29, 0.717) is 5.56 Å². The molecule has 2 unspecified atom stereocenters. The molecular formula is C57H36N2. The minimum Gasteiger partial charge on any atom is -0.333 e. The van der Waals surface area contributed by atoms with E-state index in [1.807, 2.05) is 12.1 Å². The zero-order chi connectivity index (χ0) is 39.0. The highest BCUT2D eigenvalue weighted by atomic mass is 15.2. The molecule has 1 heterocycles. The van der Waals surface area contributed by atoms with E-state index in [-0.39, 0.29) is 12.0 Å². The molecule has 9 aromatic carbocycles. The summed E-state index contributed by atoms with van der Waals surface area (Å²) in [4.78, 5) is 2.50. The molecule has 9 aromatic rings. The van der Waals surface area contributed by atoms with Crippen LogP contribution in [-0.4, -0.2) is 6.04 Å². The third-order valence-corrected chi connectivity index (χ3v) is 12.8. The van der Waals surface area contributed by atoms with E-state index in [2.05, 4.69) is 205 Å². The van der Waals surface area contributed by atoms with E-state index >= 15 is 0 Å². The number of nitrogens with zero attached hydrogens (tertiary/aromatic N) is 2. The SMILES string of the molecule is N#Cc1ccc(-c2ccc3c(c2)C2C=C(c4ccc5c6c(cccc46)-c4c-5c(-c5ccccc5)c5ccccc5c4-c4ccccc4)C=CC2N3c2ccccc2)cc1. The quantitative estimate of drug-likeness (QED) is 0.175. The number of hydrogen-bond donors (Lipinski definition) is 0. The Morgan fingerprint density at radius 2 is 1.03 bits per heavy atom. The molecule has 2 nitrogen and oxygen atoms in total. The van der Waals surface area contributed by atoms with Crippen molar-refractivity contribution in [1.82, 2.24) is 0 Å². The first-order valence-electron chi connectivity index (χ1n) is 20.4. The normalized spacial score (nSPS) is 15.8. The van der Waals surface area contributed by atoms with Crippen LogP contribution in [0, 0.1) is 11.3 Å². The summed E-state index contributed by atoms with van der Waals surface area (Å²) < 4.78 is 0. The summed E-state index contributed by atoms with van der Waals surface area (Å²) in [7, 11) is 0. The molecule has 0 saturated carbocycles. The summed E-state index contributed by atoms with van der Waals surface area (Å²) in [5.74, 6) is 0.142. The molecule has 0 radical (unpaired) electrons. The lowest BCUT2D eigenvalue weighted by atomic mass is 9.82. The van der Waals surface area contributed by atoms with Gasteiger partial charge >= 0.3 is 0 Å². The van der Waals surface area contributed by atoms with Gasteiger partial charge in [0.05, 0.1) is 17.7 Å². The van der Waals surface area contributed by atoms with Crippen LogP contribution in [0.4, 0.5) is 11.4 Å². The van der Waals surface area contributed by atoms with Gasteiger partial charge in [-0.25, -0.2) is 0 Å². The summed E-state index contributed by atoms with van der Waals surface area (Å²) in [6.45, 7) is 0. The largest absolute Gasteiger partial charge is 0.333 e. The van der Waals surface area contributed by atoms with Crippen molar-refractivity contribution in [1.29, 1.82) is 5.26 Å². The molecule has 0 fully saturated rings. The maximum absolute atomic E-state index is 9.45. The Hall–Kier alpha value is -7.73. The first kappa shape index (κ1) is 33.4. The first-order valence-corrected chi connectivity index (χ1v) is 20.4. The summed E-state index contributed by atoms with van der Waals surface area (Å²) in [5.41, 5.74) is 19.4. The van der Waals surface area contributed by atoms with Gasteiger partial charge in [-0.2, -0.15) is 5.26 Å². The number of rotatable bonds is 5. The Balaban J connectivity index is 1.06. The van der Waals surface area contributed by atoms with Gasteiger partial charge in [-0.3, -0.25) is 0 Å². The van der Waals surface area contributed by atoms with Crippen molar-refractivity contribution < 1.29 is 0 Å². The Kier molecular flexibility index (Phi) is 7.46. The molecule has 59 heavy (non-hydrogen) atoms. The van der Waals surface area contributed by atoms with Crippen LogP contribution < -0.4 is 4.90 Å². The molecule has 274 valence electrons. The lowest BCUT2D eigenvalue weighted by Gasteiger charge is -2.30. The topological polar surface area (TPSA) is 27.0 Å². The number of para-hydroxylation sites is 1. The molecule has 2 aliphatic carbocycles. The zero-order valence-electron chi connectivity index (χ0n) is 32.2. The highest BCUT2D eigenvalue weighted by Crippen LogP contribution is 2.59. The lowest BCUT2D eigenvalue weighted by Crippen LogP contribution is -2.28. The highest BCUT2D eigenvalue weighted by molar-refractivity contribution is 6.28. The van der Waals surface area contributed by atoms with E-state index in [9.17, 15) is 5.26 Å². The molecular weight excluding hydrogens is 713 g/mol. The van der Waals surface area contributed by atoms with Gasteiger partial charge in [0.1, 0.15) is 0 Å². The van der Waals surface area contributed by atoms with Gasteiger partial charge in [0.15, 0.2) is 0 Å². The van der Waals surface area contributed by atoms with Crippen LogP contribution in [0.1, 0.15) is 22.6 Å². The van der Waals surface area contributed by atoms with Crippen molar-refractivity contribution in [3.63, 3.8) is 0 Å². The molecule has 0 aromatic heterocycles. The molecule has 0 spiro atoms. The Morgan fingerprint density at radius 3 is 1.69 bits per heavy atom. The minimum absolute atomic E-state index is 0.141. The minimum atomic E-state index is 0.141. The number of hydrogen-bond acceptors (Lipinski definition) is 2. The molecule has 2 heteroatoms. The second kappa shape index (κ2) is 13.2. The van der Waals surface area contributed by atoms with Crippen molar-refractivity contribution in [3.8, 4) is 61.7 Å². The van der Waals surface area contributed by atoms with Gasteiger partial charge in [-0.1, -0.05) is 170 Å². The summed E-state index contributed by atoms with van der Waals surface area (Å²) in [5, 5.41) is 14.6. The Morgan fingerprint density at radius 1 is 0.458 bits per heavy atom. The smallest absolute Gasteiger partial charge is 0.0991 e. The predicted octanol–water partition coefficient (Wildman–Crippen LogP) is 14.8. The van der Waals surface area contributed by atoms with Crippen LogP contribution >= 0.6 is 0 Å². The van der Waals surface area contributed by atoms with Crippen LogP contribution in [0.25, 0.3) is 82.8 Å². The third-order valence-electron chi connectivity index (χ3n) is 12.8. The first-order chi connectivity index (χ1) is 29.2. The van der Waals surface area contributed by atoms with Crippen molar-refractivity contribution >= 4 is 38.5 Å². The van der Waals surface area contributed by atoms with Crippen LogP contribution in [0.3, 0.4) is 0 Å². The van der Waals surface area contributed by atoms with Crippen LogP contribution in [0.15, 0.2) is 206 Å². The molecule has 0 saturated heterocycles. The van der Waals surface area contributed by atoms with Gasteiger partial charge in [0.25, 0.3) is 0 Å². The average Bonchev–Trinajstić information content (AvgIpc) is 3.82. The third kappa shape index (κ3) is 5.05. The van der Waals surface area contributed by atoms with Crippen molar-refractivity contribution in [2.24, 2.45) is 0 Å². The molecule has 0 N–H and O–H groups in total. The van der Waals surface area contributed by atoms with Gasteiger partial charge in [-0.15, -0.1) is 0 Å². The second-order valence-electron chi connectivity index (χ2n) is 15.8. The van der Waals surface area contributed by atoms with Crippen LogP contribution in [-0.2, 0) is 0 Å². The highest BCUT2D eigenvalue weighted by Gasteiger charge is 2.39. The van der Waals surface area contributed by atoms with E-state index in [1.54, 1.807) is 0 Å². The Bertz CT molecular complexity index is 3170. The fraction of sp³-hybridized carbons (Fsp3) is 0.0351. The summed E-state index contributed by atoms with van der Waals surface area (Å²) in [6.07, 6.45) is 7.29. The molecule has 0 amide bonds. The van der Waals surface area contributed by atoms with Crippen molar-refractivity contribution in [2.45, 2.75) is 12.0 Å². The molecule has 3 aliphatic rings. The monoisotopic (exact) mass is 748 g/mol. The number of nitriles is 1. The number of allylic oxidation sites excluding steroid dienone is 2. The fourth-order valence-electron chi connectivity index (χ4n) is 10.2. The molecule has 2 atom stereocenters. The van der Waals surface area contributed by atoms with Gasteiger partial charge < -0.3 is 4.90 Å². The van der Waals surface area contributed by atoms with Crippen molar-refractivity contribution in [2.75, 3.05) is 4.90 Å². The summed E-state index contributed by atoms with van der Waals surface area (Å²) in [6, 6.07) is 70.5. The van der Waals surface area contributed by atoms with E-state index in [1.165, 1.54) is 94.1 Å². The number of fused-ring (bicyclic) bond motifs is 7. The van der Waals surface area contributed by atoms with Gasteiger partial charge in [-0.05, 0) is 130 Å².